The van der Waals surface area contributed by atoms with Crippen molar-refractivity contribution in [1.29, 1.82) is 0 Å². The van der Waals surface area contributed by atoms with E-state index in [1.807, 2.05) is 6.08 Å². The van der Waals surface area contributed by atoms with Crippen LogP contribution in [-0.2, 0) is 9.59 Å². The van der Waals surface area contributed by atoms with Gasteiger partial charge in [0, 0.05) is 25.2 Å². The van der Waals surface area contributed by atoms with Crippen LogP contribution in [0.25, 0.3) is 0 Å². The molecule has 0 saturated heterocycles. The highest BCUT2D eigenvalue weighted by Gasteiger charge is 2.19. The molecule has 2 aliphatic heterocycles. The summed E-state index contributed by atoms with van der Waals surface area (Å²) in [6.45, 7) is 1.25. The van der Waals surface area contributed by atoms with E-state index in [9.17, 15) is 9.59 Å². The van der Waals surface area contributed by atoms with E-state index in [1.165, 1.54) is 0 Å². The Hall–Kier alpha value is -1.91. The molecule has 0 radical (unpaired) electrons. The lowest BCUT2D eigenvalue weighted by molar-refractivity contribution is -0.118. The van der Waals surface area contributed by atoms with Crippen LogP contribution < -0.4 is 5.73 Å². The van der Waals surface area contributed by atoms with Gasteiger partial charge in [0.05, 0.1) is 0 Å². The Bertz CT molecular complexity index is 421. The average molecular weight is 219 g/mol. The maximum Gasteiger partial charge on any atom is 0.267 e. The fraction of sp³-hybridized carbons (Fsp3) is 0.364. The van der Waals surface area contributed by atoms with Crippen molar-refractivity contribution in [2.24, 2.45) is 10.7 Å². The average Bonchev–Trinajstić information content (AvgIpc) is 2.49. The number of primary amides is 1. The Labute approximate surface area is 93.3 Å². The standard InChI is InChI=1S/C11H13N3O2/c12-11(16)10-3-1-2-8-6-14(7-15)5-4-9(8)13-10/h1,3,7H,2,4-6H2,(H2,12,16). The fourth-order valence-electron chi connectivity index (χ4n) is 1.88. The topological polar surface area (TPSA) is 75.8 Å². The molecule has 16 heavy (non-hydrogen) atoms. The second-order valence-electron chi connectivity index (χ2n) is 3.84. The second kappa shape index (κ2) is 4.30. The number of hydrogen-bond donors (Lipinski definition) is 1. The van der Waals surface area contributed by atoms with Gasteiger partial charge in [-0.3, -0.25) is 9.59 Å². The van der Waals surface area contributed by atoms with Crippen molar-refractivity contribution >= 4 is 18.0 Å². The molecule has 0 aromatic rings. The number of nitrogens with zero attached hydrogens (tertiary/aromatic N) is 2. The number of carbonyl (C=O) groups excluding carboxylic acids is 2. The predicted octanol–water partition coefficient (Wildman–Crippen LogP) is -0.0112. The lowest BCUT2D eigenvalue weighted by Gasteiger charge is -2.25. The molecule has 2 heterocycles. The van der Waals surface area contributed by atoms with Gasteiger partial charge in [-0.05, 0) is 18.1 Å². The molecule has 0 bridgehead atoms. The Morgan fingerprint density at radius 2 is 2.38 bits per heavy atom. The maximum absolute atomic E-state index is 11.1. The molecule has 2 aliphatic rings. The Morgan fingerprint density at radius 1 is 1.56 bits per heavy atom. The van der Waals surface area contributed by atoms with Crippen molar-refractivity contribution in [2.75, 3.05) is 13.1 Å². The Kier molecular flexibility index (Phi) is 2.85. The summed E-state index contributed by atoms with van der Waals surface area (Å²) < 4.78 is 0. The molecule has 5 heteroatoms. The summed E-state index contributed by atoms with van der Waals surface area (Å²) in [5, 5.41) is 0. The van der Waals surface area contributed by atoms with Crippen LogP contribution in [0.5, 0.6) is 0 Å². The number of amides is 2. The fourth-order valence-corrected chi connectivity index (χ4v) is 1.88. The molecular weight excluding hydrogens is 206 g/mol. The first-order valence-corrected chi connectivity index (χ1v) is 5.16. The van der Waals surface area contributed by atoms with Crippen LogP contribution in [0.4, 0.5) is 0 Å². The van der Waals surface area contributed by atoms with Gasteiger partial charge in [0.1, 0.15) is 5.71 Å². The Balaban J connectivity index is 2.29. The maximum atomic E-state index is 11.1. The predicted molar refractivity (Wildman–Crippen MR) is 59.7 cm³/mol. The molecule has 0 aromatic carbocycles. The molecule has 5 nitrogen and oxygen atoms in total. The molecule has 0 spiro atoms. The van der Waals surface area contributed by atoms with E-state index in [-0.39, 0.29) is 0 Å². The molecule has 2 rings (SSSR count). The number of allylic oxidation sites excluding steroid dienone is 1. The van der Waals surface area contributed by atoms with Gasteiger partial charge in [-0.25, -0.2) is 4.99 Å². The van der Waals surface area contributed by atoms with Gasteiger partial charge in [-0.2, -0.15) is 0 Å². The summed E-state index contributed by atoms with van der Waals surface area (Å²) in [7, 11) is 0. The highest BCUT2D eigenvalue weighted by molar-refractivity contribution is 6.43. The van der Waals surface area contributed by atoms with Crippen LogP contribution in [0.15, 0.2) is 28.4 Å². The van der Waals surface area contributed by atoms with Crippen LogP contribution >= 0.6 is 0 Å². The van der Waals surface area contributed by atoms with E-state index < -0.39 is 5.91 Å². The summed E-state index contributed by atoms with van der Waals surface area (Å²) in [6.07, 6.45) is 5.76. The first kappa shape index (κ1) is 10.6. The van der Waals surface area contributed by atoms with Crippen molar-refractivity contribution in [2.45, 2.75) is 12.8 Å². The van der Waals surface area contributed by atoms with Crippen molar-refractivity contribution < 1.29 is 9.59 Å². The van der Waals surface area contributed by atoms with Gasteiger partial charge < -0.3 is 10.6 Å². The van der Waals surface area contributed by atoms with E-state index in [0.717, 1.165) is 24.1 Å². The summed E-state index contributed by atoms with van der Waals surface area (Å²) in [4.78, 5) is 27.7. The molecular formula is C11H13N3O2. The zero-order chi connectivity index (χ0) is 11.5. The molecule has 0 saturated carbocycles. The number of aliphatic imine (C=N–C) groups is 1. The minimum Gasteiger partial charge on any atom is -0.364 e. The third kappa shape index (κ3) is 2.03. The molecule has 2 amide bonds. The number of nitrogens with two attached hydrogens (primary N) is 1. The SMILES string of the molecule is NC(=O)C1=NC2=C(CC=C1)CN(C=O)CC2. The van der Waals surface area contributed by atoms with Crippen molar-refractivity contribution in [3.05, 3.63) is 23.4 Å². The first-order valence-electron chi connectivity index (χ1n) is 5.16. The highest BCUT2D eigenvalue weighted by atomic mass is 16.1. The smallest absolute Gasteiger partial charge is 0.267 e. The summed E-state index contributed by atoms with van der Waals surface area (Å²) in [5.41, 5.74) is 7.49. The van der Waals surface area contributed by atoms with Gasteiger partial charge in [0.2, 0.25) is 6.41 Å². The lowest BCUT2D eigenvalue weighted by atomic mass is 10.0. The van der Waals surface area contributed by atoms with E-state index >= 15 is 0 Å². The van der Waals surface area contributed by atoms with E-state index in [4.69, 9.17) is 5.73 Å². The monoisotopic (exact) mass is 219 g/mol. The zero-order valence-corrected chi connectivity index (χ0v) is 8.85. The lowest BCUT2D eigenvalue weighted by Crippen LogP contribution is -2.30. The number of hydrogen-bond acceptors (Lipinski definition) is 3. The summed E-state index contributed by atoms with van der Waals surface area (Å²) >= 11 is 0. The number of rotatable bonds is 2. The molecule has 0 atom stereocenters. The third-order valence-corrected chi connectivity index (χ3v) is 2.73. The van der Waals surface area contributed by atoms with Gasteiger partial charge in [-0.15, -0.1) is 0 Å². The minimum atomic E-state index is -0.511. The highest BCUT2D eigenvalue weighted by Crippen LogP contribution is 2.23. The largest absolute Gasteiger partial charge is 0.364 e. The molecule has 0 aromatic heterocycles. The van der Waals surface area contributed by atoms with Crippen LogP contribution in [0, 0.1) is 0 Å². The van der Waals surface area contributed by atoms with Crippen molar-refractivity contribution in [3.63, 3.8) is 0 Å². The molecule has 0 aliphatic carbocycles. The van der Waals surface area contributed by atoms with E-state index in [1.54, 1.807) is 11.0 Å². The van der Waals surface area contributed by atoms with Crippen LogP contribution in [0.3, 0.4) is 0 Å². The van der Waals surface area contributed by atoms with Gasteiger partial charge in [0.15, 0.2) is 0 Å². The van der Waals surface area contributed by atoms with Crippen LogP contribution in [-0.4, -0.2) is 36.0 Å². The zero-order valence-electron chi connectivity index (χ0n) is 8.85. The van der Waals surface area contributed by atoms with Crippen LogP contribution in [0.2, 0.25) is 0 Å². The van der Waals surface area contributed by atoms with Crippen LogP contribution in [0.1, 0.15) is 12.8 Å². The minimum absolute atomic E-state index is 0.296. The van der Waals surface area contributed by atoms with Gasteiger partial charge >= 0.3 is 0 Å². The van der Waals surface area contributed by atoms with Crippen molar-refractivity contribution in [1.82, 2.24) is 4.90 Å². The Morgan fingerprint density at radius 3 is 3.06 bits per heavy atom. The normalized spacial score (nSPS) is 20.0. The van der Waals surface area contributed by atoms with E-state index in [2.05, 4.69) is 4.99 Å². The quantitative estimate of drug-likeness (QED) is 0.663. The summed E-state index contributed by atoms with van der Waals surface area (Å²) in [5.74, 6) is -0.511. The first-order chi connectivity index (χ1) is 7.70. The summed E-state index contributed by atoms with van der Waals surface area (Å²) in [6, 6.07) is 0. The molecule has 0 unspecified atom stereocenters. The van der Waals surface area contributed by atoms with E-state index in [0.29, 0.717) is 25.2 Å². The molecule has 2 N–H and O–H groups in total. The van der Waals surface area contributed by atoms with Gasteiger partial charge in [0.25, 0.3) is 5.91 Å². The van der Waals surface area contributed by atoms with Gasteiger partial charge in [-0.1, -0.05) is 6.08 Å². The molecule has 84 valence electrons. The molecule has 0 fully saturated rings. The van der Waals surface area contributed by atoms with Crippen molar-refractivity contribution in [3.8, 4) is 0 Å². The second-order valence-corrected chi connectivity index (χ2v) is 3.84. The number of carbonyl (C=O) groups is 2. The third-order valence-electron chi connectivity index (χ3n) is 2.73.